The molecule has 0 bridgehead atoms. The maximum absolute atomic E-state index is 6.05. The van der Waals surface area contributed by atoms with Crippen LogP contribution in [0.1, 0.15) is 6.42 Å². The molecular weight excluding hydrogens is 290 g/mol. The van der Waals surface area contributed by atoms with E-state index in [-0.39, 0.29) is 5.95 Å². The van der Waals surface area contributed by atoms with Crippen LogP contribution in [0.4, 0.5) is 11.8 Å². The number of hydrogen-bond acceptors (Lipinski definition) is 6. The lowest BCUT2D eigenvalue weighted by Gasteiger charge is -2.12. The molecule has 1 unspecified atom stereocenters. The van der Waals surface area contributed by atoms with E-state index >= 15 is 0 Å². The van der Waals surface area contributed by atoms with E-state index in [0.717, 1.165) is 30.5 Å². The van der Waals surface area contributed by atoms with Crippen molar-refractivity contribution in [1.82, 2.24) is 15.3 Å². The van der Waals surface area contributed by atoms with Crippen LogP contribution in [-0.4, -0.2) is 29.1 Å². The van der Waals surface area contributed by atoms with E-state index in [4.69, 9.17) is 21.8 Å². The summed E-state index contributed by atoms with van der Waals surface area (Å²) in [6.45, 7) is 1.90. The predicted molar refractivity (Wildman–Crippen MR) is 83.6 cm³/mol. The number of fused-ring (bicyclic) bond motifs is 3. The fourth-order valence-electron chi connectivity index (χ4n) is 2.70. The molecule has 2 aromatic heterocycles. The van der Waals surface area contributed by atoms with Gasteiger partial charge in [0.15, 0.2) is 11.4 Å². The summed E-state index contributed by atoms with van der Waals surface area (Å²) >= 11 is 6.05. The van der Waals surface area contributed by atoms with Crippen molar-refractivity contribution in [2.75, 3.05) is 24.1 Å². The lowest BCUT2D eigenvalue weighted by Crippen LogP contribution is -2.23. The van der Waals surface area contributed by atoms with Gasteiger partial charge >= 0.3 is 0 Å². The Hall–Kier alpha value is -2.05. The summed E-state index contributed by atoms with van der Waals surface area (Å²) in [6, 6.07) is 5.77. The molecule has 1 fully saturated rings. The average molecular weight is 304 g/mol. The molecule has 1 atom stereocenters. The van der Waals surface area contributed by atoms with Gasteiger partial charge in [0.2, 0.25) is 5.95 Å². The van der Waals surface area contributed by atoms with Crippen LogP contribution < -0.4 is 16.4 Å². The van der Waals surface area contributed by atoms with Crippen molar-refractivity contribution in [3.8, 4) is 0 Å². The normalized spacial score (nSPS) is 18.6. The molecule has 0 saturated carbocycles. The second-order valence-corrected chi connectivity index (χ2v) is 5.62. The number of rotatable bonds is 2. The topological polar surface area (TPSA) is 89.0 Å². The largest absolute Gasteiger partial charge is 0.450 e. The number of anilines is 2. The van der Waals surface area contributed by atoms with E-state index in [0.29, 0.717) is 28.0 Å². The van der Waals surface area contributed by atoms with Crippen LogP contribution in [0, 0.1) is 0 Å². The minimum atomic E-state index is 0.221. The molecule has 1 saturated heterocycles. The molecule has 0 radical (unpaired) electrons. The van der Waals surface area contributed by atoms with Crippen LogP contribution in [0.2, 0.25) is 5.02 Å². The van der Waals surface area contributed by atoms with E-state index < -0.39 is 0 Å². The predicted octanol–water partition coefficient (Wildman–Crippen LogP) is 2.39. The second-order valence-electron chi connectivity index (χ2n) is 5.18. The van der Waals surface area contributed by atoms with E-state index in [2.05, 4.69) is 20.6 Å². The Morgan fingerprint density at radius 1 is 1.38 bits per heavy atom. The number of nitrogens with one attached hydrogen (secondary N) is 2. The van der Waals surface area contributed by atoms with Gasteiger partial charge in [0, 0.05) is 23.0 Å². The molecular formula is C14H14ClN5O. The number of halogens is 1. The SMILES string of the molecule is Nc1nc(NC2CCNC2)c2oc3ccc(Cl)cc3c2n1. The molecule has 0 amide bonds. The van der Waals surface area contributed by atoms with E-state index in [1.165, 1.54) is 0 Å². The van der Waals surface area contributed by atoms with Crippen molar-refractivity contribution >= 4 is 45.4 Å². The zero-order chi connectivity index (χ0) is 14.4. The Bertz CT molecular complexity index is 825. The molecule has 3 heterocycles. The van der Waals surface area contributed by atoms with Crippen LogP contribution >= 0.6 is 11.6 Å². The first kappa shape index (κ1) is 12.7. The molecule has 1 aliphatic heterocycles. The fourth-order valence-corrected chi connectivity index (χ4v) is 2.87. The molecule has 108 valence electrons. The zero-order valence-electron chi connectivity index (χ0n) is 11.2. The molecule has 21 heavy (non-hydrogen) atoms. The quantitative estimate of drug-likeness (QED) is 0.673. The molecule has 0 spiro atoms. The smallest absolute Gasteiger partial charge is 0.222 e. The third-order valence-electron chi connectivity index (χ3n) is 3.69. The second kappa shape index (κ2) is 4.75. The third-order valence-corrected chi connectivity index (χ3v) is 3.93. The number of nitrogens with zero attached hydrogens (tertiary/aromatic N) is 2. The van der Waals surface area contributed by atoms with Crippen molar-refractivity contribution < 1.29 is 4.42 Å². The summed E-state index contributed by atoms with van der Waals surface area (Å²) in [7, 11) is 0. The van der Waals surface area contributed by atoms with Crippen LogP contribution in [-0.2, 0) is 0 Å². The molecule has 3 aromatic rings. The Kier molecular flexibility index (Phi) is 2.87. The summed E-state index contributed by atoms with van der Waals surface area (Å²) in [4.78, 5) is 8.58. The number of furan rings is 1. The van der Waals surface area contributed by atoms with Crippen molar-refractivity contribution in [2.24, 2.45) is 0 Å². The van der Waals surface area contributed by atoms with Crippen molar-refractivity contribution in [2.45, 2.75) is 12.5 Å². The van der Waals surface area contributed by atoms with Gasteiger partial charge in [-0.3, -0.25) is 0 Å². The summed E-state index contributed by atoms with van der Waals surface area (Å²) in [6.07, 6.45) is 1.04. The number of hydrogen-bond donors (Lipinski definition) is 3. The maximum Gasteiger partial charge on any atom is 0.222 e. The van der Waals surface area contributed by atoms with Gasteiger partial charge < -0.3 is 20.8 Å². The molecule has 4 N–H and O–H groups in total. The van der Waals surface area contributed by atoms with Crippen LogP contribution in [0.5, 0.6) is 0 Å². The fraction of sp³-hybridized carbons (Fsp3) is 0.286. The summed E-state index contributed by atoms with van der Waals surface area (Å²) in [5.41, 5.74) is 7.87. The molecule has 4 rings (SSSR count). The lowest BCUT2D eigenvalue weighted by molar-refractivity contribution is 0.664. The van der Waals surface area contributed by atoms with E-state index in [1.54, 1.807) is 6.07 Å². The average Bonchev–Trinajstić information content (AvgIpc) is 3.07. The van der Waals surface area contributed by atoms with Crippen LogP contribution in [0.25, 0.3) is 22.1 Å². The van der Waals surface area contributed by atoms with Gasteiger partial charge in [0.25, 0.3) is 0 Å². The highest BCUT2D eigenvalue weighted by atomic mass is 35.5. The highest BCUT2D eigenvalue weighted by Crippen LogP contribution is 2.33. The van der Waals surface area contributed by atoms with Gasteiger partial charge in [-0.2, -0.15) is 4.98 Å². The Morgan fingerprint density at radius 2 is 2.29 bits per heavy atom. The van der Waals surface area contributed by atoms with E-state index in [9.17, 15) is 0 Å². The lowest BCUT2D eigenvalue weighted by atomic mass is 10.2. The zero-order valence-corrected chi connectivity index (χ0v) is 11.9. The molecule has 1 aromatic carbocycles. The van der Waals surface area contributed by atoms with Gasteiger partial charge in [-0.05, 0) is 31.2 Å². The summed E-state index contributed by atoms with van der Waals surface area (Å²) in [5.74, 6) is 0.858. The molecule has 7 heteroatoms. The Morgan fingerprint density at radius 3 is 3.10 bits per heavy atom. The number of aromatic nitrogens is 2. The van der Waals surface area contributed by atoms with E-state index in [1.807, 2.05) is 12.1 Å². The van der Waals surface area contributed by atoms with Gasteiger partial charge in [0.1, 0.15) is 11.1 Å². The molecule has 6 nitrogen and oxygen atoms in total. The van der Waals surface area contributed by atoms with Crippen molar-refractivity contribution in [3.63, 3.8) is 0 Å². The monoisotopic (exact) mass is 303 g/mol. The molecule has 1 aliphatic rings. The highest BCUT2D eigenvalue weighted by Gasteiger charge is 2.20. The van der Waals surface area contributed by atoms with Crippen molar-refractivity contribution in [3.05, 3.63) is 23.2 Å². The first-order valence-electron chi connectivity index (χ1n) is 6.83. The summed E-state index contributed by atoms with van der Waals surface area (Å²) < 4.78 is 5.88. The van der Waals surface area contributed by atoms with Gasteiger partial charge in [0.05, 0.1) is 0 Å². The Balaban J connectivity index is 1.91. The Labute approximate surface area is 125 Å². The minimum Gasteiger partial charge on any atom is -0.450 e. The first-order valence-corrected chi connectivity index (χ1v) is 7.21. The number of benzene rings is 1. The van der Waals surface area contributed by atoms with Gasteiger partial charge in [-0.1, -0.05) is 11.6 Å². The van der Waals surface area contributed by atoms with Gasteiger partial charge in [-0.25, -0.2) is 4.98 Å². The standard InChI is InChI=1S/C14H14ClN5O/c15-7-1-2-10-9(5-7)11-12(21-10)13(20-14(16)19-11)18-8-3-4-17-6-8/h1-2,5,8,17H,3-4,6H2,(H3,16,18,19,20). The number of nitrogens with two attached hydrogens (primary N) is 1. The third kappa shape index (κ3) is 2.16. The van der Waals surface area contributed by atoms with Crippen LogP contribution in [0.3, 0.4) is 0 Å². The first-order chi connectivity index (χ1) is 10.2. The van der Waals surface area contributed by atoms with Crippen LogP contribution in [0.15, 0.2) is 22.6 Å². The summed E-state index contributed by atoms with van der Waals surface area (Å²) in [5, 5.41) is 8.17. The minimum absolute atomic E-state index is 0.221. The molecule has 0 aliphatic carbocycles. The van der Waals surface area contributed by atoms with Gasteiger partial charge in [-0.15, -0.1) is 0 Å². The number of nitrogen functional groups attached to an aromatic ring is 1. The van der Waals surface area contributed by atoms with Crippen molar-refractivity contribution in [1.29, 1.82) is 0 Å². The maximum atomic E-state index is 6.05. The highest BCUT2D eigenvalue weighted by molar-refractivity contribution is 6.31.